The second-order valence-corrected chi connectivity index (χ2v) is 4.13. The number of aromatic carboxylic acids is 1. The average Bonchev–Trinajstić information content (AvgIpc) is 2.28. The normalized spacial score (nSPS) is 9.61. The lowest BCUT2D eigenvalue weighted by Crippen LogP contribution is -2.36. The summed E-state index contributed by atoms with van der Waals surface area (Å²) in [5, 5.41) is 13.5. The van der Waals surface area contributed by atoms with Gasteiger partial charge in [-0.3, -0.25) is 4.79 Å². The van der Waals surface area contributed by atoms with E-state index in [-0.39, 0.29) is 17.8 Å². The molecule has 5 N–H and O–H groups in total. The molecule has 0 saturated heterocycles. The molecule has 0 fully saturated rings. The molecule has 0 aromatic heterocycles. The first kappa shape index (κ1) is 14.0. The van der Waals surface area contributed by atoms with Crippen molar-refractivity contribution in [1.29, 1.82) is 0 Å². The minimum absolute atomic E-state index is 0.0164. The van der Waals surface area contributed by atoms with Crippen molar-refractivity contribution in [2.45, 2.75) is 0 Å². The SMILES string of the molecule is NC(=O)CNC(=O)Nc1ccc(Br)c(C(=O)O)c1. The van der Waals surface area contributed by atoms with E-state index in [4.69, 9.17) is 10.8 Å². The Kier molecular flexibility index (Phi) is 4.67. The Morgan fingerprint density at radius 3 is 2.56 bits per heavy atom. The molecule has 8 heteroatoms. The molecule has 0 aliphatic rings. The number of carbonyl (C=O) groups is 3. The molecular weight excluding hydrogens is 306 g/mol. The van der Waals surface area contributed by atoms with Gasteiger partial charge in [0.15, 0.2) is 0 Å². The number of nitrogens with one attached hydrogen (secondary N) is 2. The van der Waals surface area contributed by atoms with Gasteiger partial charge in [0.05, 0.1) is 12.1 Å². The Bertz CT molecular complexity index is 504. The monoisotopic (exact) mass is 315 g/mol. The first-order chi connectivity index (χ1) is 8.40. The molecule has 7 nitrogen and oxygen atoms in total. The van der Waals surface area contributed by atoms with Crippen molar-refractivity contribution in [2.75, 3.05) is 11.9 Å². The van der Waals surface area contributed by atoms with Gasteiger partial charge in [-0.05, 0) is 34.1 Å². The van der Waals surface area contributed by atoms with Crippen molar-refractivity contribution in [2.24, 2.45) is 5.73 Å². The number of carboxylic acid groups (broad SMARTS) is 1. The summed E-state index contributed by atoms with van der Waals surface area (Å²) in [6.45, 7) is -0.297. The van der Waals surface area contributed by atoms with E-state index in [1.807, 2.05) is 0 Å². The maximum absolute atomic E-state index is 11.3. The van der Waals surface area contributed by atoms with Crippen LogP contribution in [0, 0.1) is 0 Å². The second kappa shape index (κ2) is 6.01. The van der Waals surface area contributed by atoms with E-state index in [9.17, 15) is 14.4 Å². The van der Waals surface area contributed by atoms with Crippen molar-refractivity contribution in [3.63, 3.8) is 0 Å². The molecule has 1 rings (SSSR count). The van der Waals surface area contributed by atoms with E-state index in [1.54, 1.807) is 0 Å². The van der Waals surface area contributed by atoms with Gasteiger partial charge in [-0.1, -0.05) is 0 Å². The van der Waals surface area contributed by atoms with Gasteiger partial charge in [0.1, 0.15) is 0 Å². The molecule has 0 bridgehead atoms. The van der Waals surface area contributed by atoms with Crippen LogP contribution in [0.25, 0.3) is 0 Å². The van der Waals surface area contributed by atoms with E-state index in [0.29, 0.717) is 4.47 Å². The van der Waals surface area contributed by atoms with Crippen LogP contribution in [0.3, 0.4) is 0 Å². The molecule has 0 heterocycles. The Balaban J connectivity index is 2.73. The quantitative estimate of drug-likeness (QED) is 0.655. The number of benzene rings is 1. The molecule has 0 atom stereocenters. The summed E-state index contributed by atoms with van der Waals surface area (Å²) >= 11 is 3.08. The van der Waals surface area contributed by atoms with E-state index < -0.39 is 17.9 Å². The van der Waals surface area contributed by atoms with Gasteiger partial charge < -0.3 is 21.5 Å². The van der Waals surface area contributed by atoms with Crippen molar-refractivity contribution in [3.8, 4) is 0 Å². The highest BCUT2D eigenvalue weighted by Gasteiger charge is 2.10. The van der Waals surface area contributed by atoms with Crippen LogP contribution in [0.1, 0.15) is 10.4 Å². The molecule has 0 radical (unpaired) electrons. The maximum Gasteiger partial charge on any atom is 0.336 e. The van der Waals surface area contributed by atoms with Crippen LogP contribution in [0.5, 0.6) is 0 Å². The van der Waals surface area contributed by atoms with Gasteiger partial charge in [-0.15, -0.1) is 0 Å². The third kappa shape index (κ3) is 4.06. The van der Waals surface area contributed by atoms with Crippen LogP contribution in [-0.2, 0) is 4.79 Å². The largest absolute Gasteiger partial charge is 0.478 e. The second-order valence-electron chi connectivity index (χ2n) is 3.27. The first-order valence-electron chi connectivity index (χ1n) is 4.76. The van der Waals surface area contributed by atoms with Gasteiger partial charge in [0.25, 0.3) is 0 Å². The zero-order valence-corrected chi connectivity index (χ0v) is 10.7. The number of carbonyl (C=O) groups excluding carboxylic acids is 2. The number of carboxylic acids is 1. The van der Waals surface area contributed by atoms with Crippen LogP contribution in [0.4, 0.5) is 10.5 Å². The molecule has 18 heavy (non-hydrogen) atoms. The maximum atomic E-state index is 11.3. The number of urea groups is 1. The predicted octanol–water partition coefficient (Wildman–Crippen LogP) is 0.754. The summed E-state index contributed by atoms with van der Waals surface area (Å²) in [6, 6.07) is 3.65. The number of amides is 3. The van der Waals surface area contributed by atoms with Gasteiger partial charge in [-0.25, -0.2) is 9.59 Å². The number of halogens is 1. The lowest BCUT2D eigenvalue weighted by molar-refractivity contribution is -0.117. The smallest absolute Gasteiger partial charge is 0.336 e. The molecule has 96 valence electrons. The number of hydrogen-bond donors (Lipinski definition) is 4. The van der Waals surface area contributed by atoms with E-state index in [1.165, 1.54) is 18.2 Å². The molecule has 0 aliphatic carbocycles. The Labute approximate surface area is 110 Å². The fourth-order valence-electron chi connectivity index (χ4n) is 1.11. The summed E-state index contributed by atoms with van der Waals surface area (Å²) in [6.07, 6.45) is 0. The van der Waals surface area contributed by atoms with Crippen LogP contribution in [0.2, 0.25) is 0 Å². The minimum Gasteiger partial charge on any atom is -0.478 e. The first-order valence-corrected chi connectivity index (χ1v) is 5.55. The highest BCUT2D eigenvalue weighted by atomic mass is 79.9. The third-order valence-electron chi connectivity index (χ3n) is 1.88. The van der Waals surface area contributed by atoms with Crippen LogP contribution < -0.4 is 16.4 Å². The molecule has 1 aromatic carbocycles. The molecular formula is C10H10BrN3O4. The summed E-state index contributed by atoms with van der Waals surface area (Å²) in [5.74, 6) is -1.80. The van der Waals surface area contributed by atoms with E-state index in [0.717, 1.165) is 0 Å². The van der Waals surface area contributed by atoms with Crippen molar-refractivity contribution < 1.29 is 19.5 Å². The lowest BCUT2D eigenvalue weighted by Gasteiger charge is -2.07. The predicted molar refractivity (Wildman–Crippen MR) is 67.3 cm³/mol. The zero-order valence-electron chi connectivity index (χ0n) is 9.07. The van der Waals surface area contributed by atoms with Gasteiger partial charge >= 0.3 is 12.0 Å². The average molecular weight is 316 g/mol. The number of primary amides is 1. The lowest BCUT2D eigenvalue weighted by atomic mass is 10.2. The minimum atomic E-state index is -1.12. The Morgan fingerprint density at radius 1 is 1.33 bits per heavy atom. The number of nitrogens with two attached hydrogens (primary N) is 1. The van der Waals surface area contributed by atoms with Gasteiger partial charge in [-0.2, -0.15) is 0 Å². The van der Waals surface area contributed by atoms with Gasteiger partial charge in [0, 0.05) is 10.2 Å². The zero-order chi connectivity index (χ0) is 13.7. The van der Waals surface area contributed by atoms with Gasteiger partial charge in [0.2, 0.25) is 5.91 Å². The van der Waals surface area contributed by atoms with Crippen LogP contribution >= 0.6 is 15.9 Å². The Hall–Kier alpha value is -2.09. The Morgan fingerprint density at radius 2 is 2.00 bits per heavy atom. The fourth-order valence-corrected chi connectivity index (χ4v) is 1.53. The fraction of sp³-hybridized carbons (Fsp3) is 0.100. The molecule has 0 unspecified atom stereocenters. The molecule has 0 saturated carbocycles. The number of hydrogen-bond acceptors (Lipinski definition) is 3. The number of anilines is 1. The van der Waals surface area contributed by atoms with E-state index in [2.05, 4.69) is 26.6 Å². The summed E-state index contributed by atoms with van der Waals surface area (Å²) < 4.78 is 0.401. The number of rotatable bonds is 4. The van der Waals surface area contributed by atoms with Crippen LogP contribution in [-0.4, -0.2) is 29.6 Å². The van der Waals surface area contributed by atoms with Crippen molar-refractivity contribution in [1.82, 2.24) is 5.32 Å². The summed E-state index contributed by atoms with van der Waals surface area (Å²) in [7, 11) is 0. The molecule has 3 amide bonds. The highest BCUT2D eigenvalue weighted by molar-refractivity contribution is 9.10. The summed E-state index contributed by atoms with van der Waals surface area (Å²) in [4.78, 5) is 32.6. The molecule has 0 spiro atoms. The molecule has 1 aromatic rings. The standard InChI is InChI=1S/C10H10BrN3O4/c11-7-2-1-5(3-6(7)9(16)17)14-10(18)13-4-8(12)15/h1-3H,4H2,(H2,12,15)(H,16,17)(H2,13,14,18). The topological polar surface area (TPSA) is 122 Å². The van der Waals surface area contributed by atoms with E-state index >= 15 is 0 Å². The van der Waals surface area contributed by atoms with Crippen molar-refractivity contribution >= 4 is 39.5 Å². The summed E-state index contributed by atoms with van der Waals surface area (Å²) in [5.41, 5.74) is 5.16. The third-order valence-corrected chi connectivity index (χ3v) is 2.57. The van der Waals surface area contributed by atoms with Crippen LogP contribution in [0.15, 0.2) is 22.7 Å². The van der Waals surface area contributed by atoms with Crippen molar-refractivity contribution in [3.05, 3.63) is 28.2 Å². The molecule has 0 aliphatic heterocycles. The highest BCUT2D eigenvalue weighted by Crippen LogP contribution is 2.21.